The first kappa shape index (κ1) is 35.4. The Kier molecular flexibility index (Phi) is 8.17. The third-order valence-corrected chi connectivity index (χ3v) is 14.6. The van der Waals surface area contributed by atoms with Gasteiger partial charge in [0.1, 0.15) is 17.6 Å². The first-order valence-corrected chi connectivity index (χ1v) is 22.7. The third kappa shape index (κ3) is 5.61. The molecule has 4 unspecified atom stereocenters. The molecule has 0 spiro atoms. The van der Waals surface area contributed by atoms with Crippen molar-refractivity contribution in [2.24, 2.45) is 26.8 Å². The summed E-state index contributed by atoms with van der Waals surface area (Å²) in [5.41, 5.74) is 20.5. The topological polar surface area (TPSA) is 50.2 Å². The van der Waals surface area contributed by atoms with Crippen molar-refractivity contribution in [3.8, 4) is 11.1 Å². The summed E-state index contributed by atoms with van der Waals surface area (Å²) in [4.78, 5) is 16.6. The van der Waals surface area contributed by atoms with Gasteiger partial charge in [0.15, 0.2) is 0 Å². The lowest BCUT2D eigenvalue weighted by atomic mass is 9.73. The maximum absolute atomic E-state index is 6.78. The Hall–Kier alpha value is -6.39. The zero-order valence-corrected chi connectivity index (χ0v) is 34.4. The molecule has 13 rings (SSSR count). The van der Waals surface area contributed by atoms with E-state index in [1.165, 1.54) is 89.0 Å². The minimum Gasteiger partial charge on any atom is -0.460 e. The number of furan rings is 1. The van der Waals surface area contributed by atoms with Crippen molar-refractivity contribution in [3.05, 3.63) is 195 Å². The number of aliphatic imine (C=N–C) groups is 3. The summed E-state index contributed by atoms with van der Waals surface area (Å²) in [7, 11) is 0. The van der Waals surface area contributed by atoms with Crippen LogP contribution in [0.4, 0.5) is 0 Å². The predicted octanol–water partition coefficient (Wildman–Crippen LogP) is 13.0. The quantitative estimate of drug-likeness (QED) is 0.203. The summed E-state index contributed by atoms with van der Waals surface area (Å²) in [6, 6.07) is 18.5. The number of benzene rings is 3. The lowest BCUT2D eigenvalue weighted by Gasteiger charge is -2.34. The molecule has 4 heterocycles. The van der Waals surface area contributed by atoms with E-state index in [0.717, 1.165) is 87.2 Å². The highest BCUT2D eigenvalue weighted by Crippen LogP contribution is 2.49. The zero-order valence-electron chi connectivity index (χ0n) is 34.4. The van der Waals surface area contributed by atoms with Crippen molar-refractivity contribution in [3.63, 3.8) is 0 Å². The molecular weight excluding hydrogens is 743 g/mol. The van der Waals surface area contributed by atoms with Crippen LogP contribution in [0, 0.1) is 11.8 Å². The molecule has 0 amide bonds. The Bertz CT molecular complexity index is 3030. The zero-order chi connectivity index (χ0) is 40.0. The number of rotatable bonds is 4. The molecule has 3 aliphatic heterocycles. The minimum absolute atomic E-state index is 0.0104. The Morgan fingerprint density at radius 1 is 0.607 bits per heavy atom. The van der Waals surface area contributed by atoms with Crippen LogP contribution in [0.3, 0.4) is 0 Å². The van der Waals surface area contributed by atoms with Crippen LogP contribution in [0.25, 0.3) is 39.6 Å². The average molecular weight is 790 g/mol. The number of dihydropyridines is 2. The summed E-state index contributed by atoms with van der Waals surface area (Å²) in [5, 5.41) is 2.54. The van der Waals surface area contributed by atoms with E-state index in [-0.39, 0.29) is 23.9 Å². The first-order chi connectivity index (χ1) is 30.2. The van der Waals surface area contributed by atoms with E-state index in [4.69, 9.17) is 19.4 Å². The molecule has 296 valence electrons. The average Bonchev–Trinajstić information content (AvgIpc) is 3.72. The van der Waals surface area contributed by atoms with Crippen LogP contribution >= 0.6 is 0 Å². The highest BCUT2D eigenvalue weighted by atomic mass is 16.3. The van der Waals surface area contributed by atoms with Crippen molar-refractivity contribution in [1.29, 1.82) is 0 Å². The van der Waals surface area contributed by atoms with E-state index in [9.17, 15) is 0 Å². The van der Waals surface area contributed by atoms with E-state index >= 15 is 0 Å². The van der Waals surface area contributed by atoms with E-state index in [1.54, 1.807) is 0 Å². The second kappa shape index (κ2) is 14.1. The minimum atomic E-state index is -0.0104. The fraction of sp³-hybridized carbons (Fsp3) is 0.246. The molecule has 4 atom stereocenters. The highest BCUT2D eigenvalue weighted by Gasteiger charge is 2.39. The summed E-state index contributed by atoms with van der Waals surface area (Å²) in [6.07, 6.45) is 44.6. The molecular formula is C57H47N3O. The molecule has 4 heteroatoms. The Labute approximate surface area is 357 Å². The smallest absolute Gasteiger partial charge is 0.135 e. The number of hydrogen-bond donors (Lipinski definition) is 0. The number of aryl methyl sites for hydroxylation is 1. The molecule has 4 aromatic rings. The maximum atomic E-state index is 6.78. The monoisotopic (exact) mass is 789 g/mol. The first-order valence-electron chi connectivity index (χ1n) is 22.7. The van der Waals surface area contributed by atoms with E-state index < -0.39 is 0 Å². The maximum Gasteiger partial charge on any atom is 0.135 e. The van der Waals surface area contributed by atoms with Crippen LogP contribution in [0.1, 0.15) is 89.8 Å². The van der Waals surface area contributed by atoms with Crippen LogP contribution < -0.4 is 0 Å². The predicted molar refractivity (Wildman–Crippen MR) is 252 cm³/mol. The van der Waals surface area contributed by atoms with Crippen molar-refractivity contribution in [2.75, 3.05) is 0 Å². The largest absolute Gasteiger partial charge is 0.460 e. The number of allylic oxidation sites excluding steroid dienone is 12. The molecule has 4 nitrogen and oxygen atoms in total. The molecule has 0 saturated heterocycles. The molecule has 6 aliphatic carbocycles. The Balaban J connectivity index is 0.904. The summed E-state index contributed by atoms with van der Waals surface area (Å²) in [5.74, 6) is 2.69. The van der Waals surface area contributed by atoms with Crippen LogP contribution in [0.15, 0.2) is 169 Å². The molecule has 0 fully saturated rings. The second-order valence-corrected chi connectivity index (χ2v) is 17.9. The molecule has 0 N–H and O–H groups in total. The Morgan fingerprint density at radius 2 is 1.41 bits per heavy atom. The van der Waals surface area contributed by atoms with Gasteiger partial charge in [0.05, 0.1) is 23.2 Å². The normalized spacial score (nSPS) is 25.2. The van der Waals surface area contributed by atoms with Gasteiger partial charge >= 0.3 is 0 Å². The standard InChI is InChI=1S/C57H47N3O/c1-2-12-34(13-3-1)47-32-28-37-26-27-38-29-33-49(60-56(38)55(37)58-47)52-42-17-6-4-15-40(42)51(41-16-5-7-18-43(41)52)35-22-24-36(25-23-35)54-46-31-30-44-39-14-9-11-21-50(39)61-57(44)53(46)45-19-8-10-20-48(45)59-54/h1-2,4,6-10,12,14-15,17-20,22-27,29,33,38,45,48,56H,3,5,11,13,16,21,28,30-32H2. The fourth-order valence-electron chi connectivity index (χ4n) is 11.7. The van der Waals surface area contributed by atoms with Gasteiger partial charge in [-0.25, -0.2) is 0 Å². The van der Waals surface area contributed by atoms with Gasteiger partial charge in [0, 0.05) is 51.8 Å². The van der Waals surface area contributed by atoms with E-state index in [2.05, 4.69) is 140 Å². The van der Waals surface area contributed by atoms with Gasteiger partial charge in [-0.2, -0.15) is 0 Å². The molecule has 0 saturated carbocycles. The van der Waals surface area contributed by atoms with Crippen LogP contribution in [0.2, 0.25) is 0 Å². The van der Waals surface area contributed by atoms with Gasteiger partial charge in [-0.15, -0.1) is 0 Å². The van der Waals surface area contributed by atoms with Gasteiger partial charge in [0.25, 0.3) is 0 Å². The summed E-state index contributed by atoms with van der Waals surface area (Å²) < 4.78 is 6.78. The second-order valence-electron chi connectivity index (χ2n) is 17.9. The molecule has 61 heavy (non-hydrogen) atoms. The highest BCUT2D eigenvalue weighted by molar-refractivity contribution is 6.22. The summed E-state index contributed by atoms with van der Waals surface area (Å²) in [6.45, 7) is 0. The third-order valence-electron chi connectivity index (χ3n) is 14.6. The fourth-order valence-corrected chi connectivity index (χ4v) is 11.7. The van der Waals surface area contributed by atoms with E-state index in [0.29, 0.717) is 0 Å². The van der Waals surface area contributed by atoms with Crippen molar-refractivity contribution >= 4 is 45.6 Å². The summed E-state index contributed by atoms with van der Waals surface area (Å²) >= 11 is 0. The SMILES string of the molecule is C1=CCCC(C2=NC3=C(C=CC4C=CC(c5c6c(c(-c7ccc(C8=NC9C=CC=CC9C9=C8CCc8c9oc9c8C=CCC9)cc7)c7ccccc57)CCC=C6)=NC34)CC2)=C1. The lowest BCUT2D eigenvalue weighted by molar-refractivity contribution is 0.483. The van der Waals surface area contributed by atoms with Gasteiger partial charge in [-0.3, -0.25) is 15.0 Å². The van der Waals surface area contributed by atoms with Gasteiger partial charge in [-0.05, 0) is 114 Å². The Morgan fingerprint density at radius 3 is 2.30 bits per heavy atom. The number of fused-ring (bicyclic) bond motifs is 10. The molecule has 0 bridgehead atoms. The molecule has 9 aliphatic rings. The van der Waals surface area contributed by atoms with Crippen LogP contribution in [0.5, 0.6) is 0 Å². The van der Waals surface area contributed by atoms with Crippen LogP contribution in [-0.4, -0.2) is 29.2 Å². The number of nitrogens with zero attached hydrogens (tertiary/aromatic N) is 3. The van der Waals surface area contributed by atoms with E-state index in [1.807, 2.05) is 0 Å². The number of hydrogen-bond acceptors (Lipinski definition) is 4. The van der Waals surface area contributed by atoms with Gasteiger partial charge in [-0.1, -0.05) is 134 Å². The lowest BCUT2D eigenvalue weighted by Crippen LogP contribution is -2.30. The van der Waals surface area contributed by atoms with Crippen LogP contribution in [-0.2, 0) is 19.3 Å². The molecule has 0 radical (unpaired) electrons. The molecule has 3 aromatic carbocycles. The van der Waals surface area contributed by atoms with Gasteiger partial charge < -0.3 is 4.42 Å². The van der Waals surface area contributed by atoms with Gasteiger partial charge in [0.2, 0.25) is 0 Å². The van der Waals surface area contributed by atoms with Crippen molar-refractivity contribution < 1.29 is 4.42 Å². The van der Waals surface area contributed by atoms with Crippen molar-refractivity contribution in [2.45, 2.75) is 76.3 Å². The van der Waals surface area contributed by atoms with Crippen molar-refractivity contribution in [1.82, 2.24) is 0 Å². The molecule has 1 aromatic heterocycles.